The van der Waals surface area contributed by atoms with Crippen molar-refractivity contribution in [2.75, 3.05) is 29.9 Å². The SMILES string of the molecule is Cc1cccc(NCC(=O)NCC2CCS(=O)(=O)C2)c1C. The summed E-state index contributed by atoms with van der Waals surface area (Å²) in [6.45, 7) is 4.68. The molecule has 1 aliphatic rings. The van der Waals surface area contributed by atoms with Gasteiger partial charge in [0.1, 0.15) is 0 Å². The number of hydrogen-bond donors (Lipinski definition) is 2. The first-order valence-electron chi connectivity index (χ1n) is 7.14. The molecule has 6 heteroatoms. The number of sulfone groups is 1. The largest absolute Gasteiger partial charge is 0.376 e. The van der Waals surface area contributed by atoms with Crippen LogP contribution in [0.25, 0.3) is 0 Å². The van der Waals surface area contributed by atoms with Crippen LogP contribution >= 0.6 is 0 Å². The van der Waals surface area contributed by atoms with Crippen LogP contribution in [0.3, 0.4) is 0 Å². The summed E-state index contributed by atoms with van der Waals surface area (Å²) in [5.74, 6) is 0.381. The third kappa shape index (κ3) is 4.46. The lowest BCUT2D eigenvalue weighted by molar-refractivity contribution is -0.119. The van der Waals surface area contributed by atoms with Gasteiger partial charge < -0.3 is 10.6 Å². The molecule has 21 heavy (non-hydrogen) atoms. The maximum absolute atomic E-state index is 11.8. The van der Waals surface area contributed by atoms with Gasteiger partial charge in [-0.1, -0.05) is 12.1 Å². The van der Waals surface area contributed by atoms with Crippen molar-refractivity contribution >= 4 is 21.4 Å². The molecule has 1 atom stereocenters. The number of hydrogen-bond acceptors (Lipinski definition) is 4. The van der Waals surface area contributed by atoms with E-state index in [-0.39, 0.29) is 29.9 Å². The van der Waals surface area contributed by atoms with Gasteiger partial charge >= 0.3 is 0 Å². The van der Waals surface area contributed by atoms with Crippen molar-refractivity contribution in [3.8, 4) is 0 Å². The molecule has 1 aromatic rings. The van der Waals surface area contributed by atoms with Crippen LogP contribution in [0.15, 0.2) is 18.2 Å². The number of carbonyl (C=O) groups is 1. The highest BCUT2D eigenvalue weighted by Gasteiger charge is 2.27. The highest BCUT2D eigenvalue weighted by molar-refractivity contribution is 7.91. The van der Waals surface area contributed by atoms with Gasteiger partial charge in [-0.05, 0) is 43.4 Å². The second-order valence-corrected chi connectivity index (χ2v) is 7.90. The molecule has 0 spiro atoms. The van der Waals surface area contributed by atoms with E-state index in [1.54, 1.807) is 0 Å². The van der Waals surface area contributed by atoms with Gasteiger partial charge in [-0.3, -0.25) is 4.79 Å². The molecule has 1 aromatic carbocycles. The molecule has 2 rings (SSSR count). The Balaban J connectivity index is 1.77. The van der Waals surface area contributed by atoms with Crippen molar-refractivity contribution in [2.24, 2.45) is 5.92 Å². The Hall–Kier alpha value is -1.56. The van der Waals surface area contributed by atoms with Gasteiger partial charge in [-0.2, -0.15) is 0 Å². The molecule has 0 saturated carbocycles. The fraction of sp³-hybridized carbons (Fsp3) is 0.533. The van der Waals surface area contributed by atoms with Crippen LogP contribution in [-0.2, 0) is 14.6 Å². The highest BCUT2D eigenvalue weighted by atomic mass is 32.2. The molecule has 1 amide bonds. The Labute approximate surface area is 126 Å². The molecule has 116 valence electrons. The monoisotopic (exact) mass is 310 g/mol. The first-order chi connectivity index (χ1) is 9.87. The Bertz CT molecular complexity index is 626. The quantitative estimate of drug-likeness (QED) is 0.859. The zero-order valence-electron chi connectivity index (χ0n) is 12.5. The van der Waals surface area contributed by atoms with Gasteiger partial charge in [-0.15, -0.1) is 0 Å². The zero-order chi connectivity index (χ0) is 15.5. The summed E-state index contributed by atoms with van der Waals surface area (Å²) in [5.41, 5.74) is 3.26. The average Bonchev–Trinajstić information content (AvgIpc) is 2.78. The third-order valence-corrected chi connectivity index (χ3v) is 5.80. The van der Waals surface area contributed by atoms with Crippen molar-refractivity contribution in [3.05, 3.63) is 29.3 Å². The smallest absolute Gasteiger partial charge is 0.239 e. The number of aryl methyl sites for hydroxylation is 1. The Morgan fingerprint density at radius 2 is 2.10 bits per heavy atom. The highest BCUT2D eigenvalue weighted by Crippen LogP contribution is 2.18. The van der Waals surface area contributed by atoms with Gasteiger partial charge in [0.15, 0.2) is 9.84 Å². The topological polar surface area (TPSA) is 75.3 Å². The first-order valence-corrected chi connectivity index (χ1v) is 8.97. The van der Waals surface area contributed by atoms with E-state index in [1.807, 2.05) is 32.0 Å². The van der Waals surface area contributed by atoms with Crippen LogP contribution < -0.4 is 10.6 Å². The third-order valence-electron chi connectivity index (χ3n) is 3.96. The van der Waals surface area contributed by atoms with E-state index in [0.717, 1.165) is 11.3 Å². The van der Waals surface area contributed by atoms with Crippen molar-refractivity contribution in [2.45, 2.75) is 20.3 Å². The number of benzene rings is 1. The van der Waals surface area contributed by atoms with Gasteiger partial charge in [0, 0.05) is 12.2 Å². The fourth-order valence-electron chi connectivity index (χ4n) is 2.47. The standard InChI is InChI=1S/C15H22N2O3S/c1-11-4-3-5-14(12(11)2)16-9-15(18)17-8-13-6-7-21(19,20)10-13/h3-5,13,16H,6-10H2,1-2H3,(H,17,18). The summed E-state index contributed by atoms with van der Waals surface area (Å²) < 4.78 is 22.7. The minimum absolute atomic E-state index is 0.0552. The second kappa shape index (κ2) is 6.47. The number of amides is 1. The summed E-state index contributed by atoms with van der Waals surface area (Å²) in [5, 5.41) is 5.92. The van der Waals surface area contributed by atoms with Gasteiger partial charge in [-0.25, -0.2) is 8.42 Å². The van der Waals surface area contributed by atoms with Crippen LogP contribution in [0.1, 0.15) is 17.5 Å². The van der Waals surface area contributed by atoms with Crippen LogP contribution in [0.4, 0.5) is 5.69 Å². The lowest BCUT2D eigenvalue weighted by atomic mass is 10.1. The molecule has 1 fully saturated rings. The molecular weight excluding hydrogens is 288 g/mol. The maximum Gasteiger partial charge on any atom is 0.239 e. The molecule has 5 nitrogen and oxygen atoms in total. The fourth-order valence-corrected chi connectivity index (χ4v) is 4.33. The molecule has 1 unspecified atom stereocenters. The number of anilines is 1. The molecule has 1 saturated heterocycles. The Kier molecular flexibility index (Phi) is 4.88. The van der Waals surface area contributed by atoms with E-state index in [2.05, 4.69) is 10.6 Å². The summed E-state index contributed by atoms with van der Waals surface area (Å²) in [4.78, 5) is 11.8. The van der Waals surface area contributed by atoms with E-state index in [9.17, 15) is 13.2 Å². The van der Waals surface area contributed by atoms with E-state index in [4.69, 9.17) is 0 Å². The van der Waals surface area contributed by atoms with Crippen LogP contribution in [-0.4, -0.2) is 38.9 Å². The van der Waals surface area contributed by atoms with Crippen molar-refractivity contribution in [1.82, 2.24) is 5.32 Å². The van der Waals surface area contributed by atoms with Gasteiger partial charge in [0.2, 0.25) is 5.91 Å². The predicted octanol–water partition coefficient (Wildman–Crippen LogP) is 1.27. The molecule has 0 aliphatic carbocycles. The Morgan fingerprint density at radius 3 is 2.76 bits per heavy atom. The predicted molar refractivity (Wildman–Crippen MR) is 84.2 cm³/mol. The molecule has 0 bridgehead atoms. The lowest BCUT2D eigenvalue weighted by Crippen LogP contribution is -2.34. The summed E-state index contributed by atoms with van der Waals surface area (Å²) in [6.07, 6.45) is 0.646. The summed E-state index contributed by atoms with van der Waals surface area (Å²) in [6, 6.07) is 5.92. The molecule has 2 N–H and O–H groups in total. The van der Waals surface area contributed by atoms with Crippen LogP contribution in [0, 0.1) is 19.8 Å². The van der Waals surface area contributed by atoms with E-state index in [1.165, 1.54) is 5.56 Å². The molecule has 0 aromatic heterocycles. The minimum Gasteiger partial charge on any atom is -0.376 e. The van der Waals surface area contributed by atoms with E-state index < -0.39 is 9.84 Å². The van der Waals surface area contributed by atoms with Crippen LogP contribution in [0.5, 0.6) is 0 Å². The number of nitrogens with one attached hydrogen (secondary N) is 2. The van der Waals surface area contributed by atoms with Gasteiger partial charge in [0.05, 0.1) is 18.1 Å². The van der Waals surface area contributed by atoms with Crippen LogP contribution in [0.2, 0.25) is 0 Å². The second-order valence-electron chi connectivity index (χ2n) is 5.67. The lowest BCUT2D eigenvalue weighted by Gasteiger charge is -2.13. The van der Waals surface area contributed by atoms with E-state index >= 15 is 0 Å². The molecule has 0 radical (unpaired) electrons. The average molecular weight is 310 g/mol. The minimum atomic E-state index is -2.88. The molecule has 1 aliphatic heterocycles. The Morgan fingerprint density at radius 1 is 1.33 bits per heavy atom. The normalized spacial score (nSPS) is 20.2. The number of carbonyl (C=O) groups excluding carboxylic acids is 1. The summed E-state index contributed by atoms with van der Waals surface area (Å²) >= 11 is 0. The van der Waals surface area contributed by atoms with Crippen molar-refractivity contribution < 1.29 is 13.2 Å². The molecular formula is C15H22N2O3S. The van der Waals surface area contributed by atoms with E-state index in [0.29, 0.717) is 13.0 Å². The molecule has 1 heterocycles. The number of rotatable bonds is 5. The maximum atomic E-state index is 11.8. The zero-order valence-corrected chi connectivity index (χ0v) is 13.3. The van der Waals surface area contributed by atoms with Crippen molar-refractivity contribution in [3.63, 3.8) is 0 Å². The van der Waals surface area contributed by atoms with Gasteiger partial charge in [0.25, 0.3) is 0 Å². The first kappa shape index (κ1) is 15.8. The van der Waals surface area contributed by atoms with Crippen molar-refractivity contribution in [1.29, 1.82) is 0 Å². The summed E-state index contributed by atoms with van der Waals surface area (Å²) in [7, 11) is -2.88.